The number of hydrogen-bond acceptors (Lipinski definition) is 7. The third-order valence-corrected chi connectivity index (χ3v) is 2.17. The van der Waals surface area contributed by atoms with Gasteiger partial charge in [0.25, 0.3) is 0 Å². The Labute approximate surface area is 172 Å². The number of carbonyl (C=O) groups is 2. The molecule has 0 saturated carbocycles. The SMILES string of the molecule is NC(=NCCC[C@H](N)C(=O)[O-])N[C@@H](C[C-]=O)C(=O)O.[Na+].[Na+].[OH-]. The Morgan fingerprint density at radius 3 is 2.32 bits per heavy atom. The summed E-state index contributed by atoms with van der Waals surface area (Å²) < 4.78 is 0. The molecule has 12 heteroatoms. The fourth-order valence-corrected chi connectivity index (χ4v) is 1.14. The van der Waals surface area contributed by atoms with Crippen molar-refractivity contribution in [3.63, 3.8) is 0 Å². The first-order chi connectivity index (χ1) is 8.88. The minimum Gasteiger partial charge on any atom is -0.870 e. The summed E-state index contributed by atoms with van der Waals surface area (Å²) in [6.45, 7) is 0.178. The molecule has 0 aliphatic heterocycles. The number of nitrogens with one attached hydrogen (secondary N) is 1. The van der Waals surface area contributed by atoms with Crippen molar-refractivity contribution in [3.05, 3.63) is 0 Å². The molecule has 0 radical (unpaired) electrons. The largest absolute Gasteiger partial charge is 1.00 e. The Morgan fingerprint density at radius 1 is 1.36 bits per heavy atom. The third-order valence-electron chi connectivity index (χ3n) is 2.17. The van der Waals surface area contributed by atoms with E-state index in [1.807, 2.05) is 0 Å². The molecule has 0 spiro atoms. The fraction of sp³-hybridized carbons (Fsp3) is 0.600. The molecule has 0 amide bonds. The summed E-state index contributed by atoms with van der Waals surface area (Å²) in [4.78, 5) is 34.9. The number of aliphatic imine (C=N–C) groups is 1. The molecule has 0 bridgehead atoms. The Bertz CT molecular complexity index is 369. The Kier molecular flexibility index (Phi) is 23.2. The van der Waals surface area contributed by atoms with Crippen molar-refractivity contribution in [3.8, 4) is 0 Å². The second-order valence-corrected chi connectivity index (χ2v) is 3.72. The van der Waals surface area contributed by atoms with Crippen LogP contribution in [0.25, 0.3) is 0 Å². The first-order valence-corrected chi connectivity index (χ1v) is 5.49. The standard InChI is InChI=1S/C10H17N4O5.2Na.H2O/c11-6(8(16)17)2-1-4-13-10(12)14-7(3-5-15)9(18)19;;;/h6-7H,1-4,11H2,(H,16,17)(H,18,19)(H3,12,13,14);;;1H2/q-1;2*+1;/p-2/t6-,7-;;;/m0.../s1. The Balaban J connectivity index is -0.000000540. The van der Waals surface area contributed by atoms with Crippen LogP contribution in [0.3, 0.4) is 0 Å². The summed E-state index contributed by atoms with van der Waals surface area (Å²) in [7, 11) is 0. The molecule has 0 unspecified atom stereocenters. The predicted octanol–water partition coefficient (Wildman–Crippen LogP) is -9.47. The summed E-state index contributed by atoms with van der Waals surface area (Å²) in [5, 5.41) is 21.4. The molecule has 0 aromatic rings. The quantitative estimate of drug-likeness (QED) is 0.104. The first-order valence-electron chi connectivity index (χ1n) is 5.49. The minimum atomic E-state index is -1.34. The third kappa shape index (κ3) is 14.7. The molecule has 22 heavy (non-hydrogen) atoms. The van der Waals surface area contributed by atoms with Crippen LogP contribution < -0.4 is 81.0 Å². The van der Waals surface area contributed by atoms with Crippen molar-refractivity contribution in [1.82, 2.24) is 5.32 Å². The molecule has 116 valence electrons. The number of hydrogen-bond donors (Lipinski definition) is 4. The number of guanidine groups is 1. The van der Waals surface area contributed by atoms with Crippen molar-refractivity contribution < 1.29 is 89.2 Å². The maximum absolute atomic E-state index is 10.7. The zero-order valence-corrected chi connectivity index (χ0v) is 16.6. The first kappa shape index (κ1) is 29.8. The Morgan fingerprint density at radius 2 is 1.91 bits per heavy atom. The maximum Gasteiger partial charge on any atom is 1.00 e. The normalized spacial score (nSPS) is 12.5. The molecule has 10 nitrogen and oxygen atoms in total. The molecule has 0 heterocycles. The number of carboxylic acids is 2. The van der Waals surface area contributed by atoms with Gasteiger partial charge in [0.2, 0.25) is 0 Å². The summed E-state index contributed by atoms with van der Waals surface area (Å²) >= 11 is 0. The van der Waals surface area contributed by atoms with Gasteiger partial charge in [-0.2, -0.15) is 0 Å². The number of rotatable bonds is 9. The van der Waals surface area contributed by atoms with E-state index >= 15 is 0 Å². The molecule has 2 atom stereocenters. The van der Waals surface area contributed by atoms with E-state index in [1.165, 1.54) is 6.29 Å². The van der Waals surface area contributed by atoms with E-state index in [1.54, 1.807) is 0 Å². The van der Waals surface area contributed by atoms with E-state index in [4.69, 9.17) is 16.6 Å². The molecule has 0 aliphatic rings. The summed E-state index contributed by atoms with van der Waals surface area (Å²) in [5.41, 5.74) is 10.6. The van der Waals surface area contributed by atoms with Crippen LogP contribution in [0.4, 0.5) is 0 Å². The molecule has 7 N–H and O–H groups in total. The number of nitrogens with two attached hydrogens (primary N) is 2. The van der Waals surface area contributed by atoms with E-state index < -0.39 is 24.0 Å². The van der Waals surface area contributed by atoms with Crippen molar-refractivity contribution in [2.45, 2.75) is 31.3 Å². The zero-order chi connectivity index (χ0) is 14.8. The van der Waals surface area contributed by atoms with Crippen molar-refractivity contribution >= 4 is 24.2 Å². The van der Waals surface area contributed by atoms with Gasteiger partial charge in [0.1, 0.15) is 6.04 Å². The van der Waals surface area contributed by atoms with Crippen LogP contribution >= 0.6 is 0 Å². The van der Waals surface area contributed by atoms with Gasteiger partial charge in [-0.15, -0.1) is 6.42 Å². The van der Waals surface area contributed by atoms with Crippen LogP contribution in [0.15, 0.2) is 4.99 Å². The van der Waals surface area contributed by atoms with Gasteiger partial charge in [-0.25, -0.2) is 0 Å². The molecule has 0 saturated heterocycles. The van der Waals surface area contributed by atoms with Gasteiger partial charge in [0, 0.05) is 12.6 Å². The average Bonchev–Trinajstić information content (AvgIpc) is 2.33. The van der Waals surface area contributed by atoms with E-state index in [-0.39, 0.29) is 89.9 Å². The van der Waals surface area contributed by atoms with Crippen LogP contribution in [0.5, 0.6) is 0 Å². The van der Waals surface area contributed by atoms with Crippen LogP contribution in [0.1, 0.15) is 19.3 Å². The molecule has 0 aromatic carbocycles. The summed E-state index contributed by atoms with van der Waals surface area (Å²) in [6, 6.07) is -2.26. The van der Waals surface area contributed by atoms with Gasteiger partial charge >= 0.3 is 65.1 Å². The van der Waals surface area contributed by atoms with Crippen LogP contribution in [0.2, 0.25) is 0 Å². The van der Waals surface area contributed by atoms with Crippen molar-refractivity contribution in [2.75, 3.05) is 6.54 Å². The van der Waals surface area contributed by atoms with Crippen molar-refractivity contribution in [1.29, 1.82) is 0 Å². The molecule has 0 rings (SSSR count). The molecular weight excluding hydrogens is 318 g/mol. The monoisotopic (exact) mass is 335 g/mol. The number of carbonyl (C=O) groups excluding carboxylic acids is 2. The van der Waals surface area contributed by atoms with Gasteiger partial charge in [-0.05, 0) is 12.8 Å². The van der Waals surface area contributed by atoms with Gasteiger partial charge in [-0.1, -0.05) is 0 Å². The molecule has 0 fully saturated rings. The number of aliphatic carboxylic acids is 2. The fourth-order valence-electron chi connectivity index (χ4n) is 1.14. The van der Waals surface area contributed by atoms with E-state index in [2.05, 4.69) is 10.3 Å². The minimum absolute atomic E-state index is 0. The van der Waals surface area contributed by atoms with Crippen LogP contribution in [0, 0.1) is 0 Å². The summed E-state index contributed by atoms with van der Waals surface area (Å²) in [6.07, 6.45) is 1.62. The van der Waals surface area contributed by atoms with Gasteiger partial charge in [0.05, 0.1) is 5.97 Å². The van der Waals surface area contributed by atoms with E-state index in [0.29, 0.717) is 6.42 Å². The second kappa shape index (κ2) is 17.2. The molecule has 0 aromatic heterocycles. The summed E-state index contributed by atoms with van der Waals surface area (Å²) in [5.74, 6) is -2.74. The predicted molar refractivity (Wildman–Crippen MR) is 65.5 cm³/mol. The maximum atomic E-state index is 10.7. The average molecular weight is 335 g/mol. The molecular formula is C10H17N4Na2O6-. The molecule has 0 aliphatic carbocycles. The number of carboxylic acid groups (broad SMARTS) is 2. The van der Waals surface area contributed by atoms with E-state index in [0.717, 1.165) is 0 Å². The smallest absolute Gasteiger partial charge is 0.870 e. The van der Waals surface area contributed by atoms with E-state index in [9.17, 15) is 19.5 Å². The van der Waals surface area contributed by atoms with Crippen molar-refractivity contribution in [2.24, 2.45) is 16.5 Å². The van der Waals surface area contributed by atoms with Gasteiger partial charge in [-0.3, -0.25) is 16.1 Å². The Hall–Kier alpha value is -0.200. The van der Waals surface area contributed by atoms with Crippen LogP contribution in [-0.4, -0.2) is 53.4 Å². The van der Waals surface area contributed by atoms with Gasteiger partial charge < -0.3 is 42.1 Å². The zero-order valence-electron chi connectivity index (χ0n) is 12.6. The number of nitrogens with zero attached hydrogens (tertiary/aromatic N) is 1. The van der Waals surface area contributed by atoms with Crippen LogP contribution in [-0.2, 0) is 14.4 Å². The topological polar surface area (TPSA) is 201 Å². The second-order valence-electron chi connectivity index (χ2n) is 3.72. The van der Waals surface area contributed by atoms with Gasteiger partial charge in [0.15, 0.2) is 5.96 Å².